The lowest BCUT2D eigenvalue weighted by Crippen LogP contribution is -2.42. The molecule has 4 fully saturated rings. The van der Waals surface area contributed by atoms with E-state index in [2.05, 4.69) is 52.2 Å². The van der Waals surface area contributed by atoms with Crippen molar-refractivity contribution in [2.45, 2.75) is 99.4 Å². The van der Waals surface area contributed by atoms with E-state index >= 15 is 0 Å². The minimum Gasteiger partial charge on any atom is -0.393 e. The molecule has 0 bridgehead atoms. The van der Waals surface area contributed by atoms with E-state index in [1.807, 2.05) is 57.2 Å². The molecule has 4 aliphatic heterocycles. The van der Waals surface area contributed by atoms with Gasteiger partial charge in [0.15, 0.2) is 40.8 Å². The normalized spacial score (nSPS) is 28.6. The minimum absolute atomic E-state index is 0.0484. The maximum absolute atomic E-state index is 11.3. The number of carbonyl (C=O) groups is 1. The van der Waals surface area contributed by atoms with Crippen LogP contribution in [0.4, 0.5) is 23.3 Å². The molecule has 0 aromatic carbocycles. The van der Waals surface area contributed by atoms with Crippen LogP contribution in [0.2, 0.25) is 0 Å². The SMILES string of the molecule is C#C[C@]1(CO)O[C@@H](c2ccc3c(N)ncnn23)C[C@@H]1C.C#C[C@]1(CO)O[C@@H](c2ccc3c(N)ncnn23)C[C@@H]1O.C[C@H]1C[C@H](c2ccc3c(N)ncnn23)OC1(CO)CO.C[C@H]1C[C@H](c2ccc3c(N)ncnn23)O[C@]1(C=O)CO. The van der Waals surface area contributed by atoms with Gasteiger partial charge < -0.3 is 77.3 Å². The molecular formula is C53H64N16O11. The summed E-state index contributed by atoms with van der Waals surface area (Å²) in [5.41, 5.74) is 24.9. The van der Waals surface area contributed by atoms with E-state index in [0.29, 0.717) is 59.1 Å². The number of ether oxygens (including phenoxy) is 4. The molecule has 12 heterocycles. The molecular weight excluding hydrogens is 1040 g/mol. The molecule has 27 heteroatoms. The number of nitrogens with zero attached hydrogens (tertiary/aromatic N) is 12. The summed E-state index contributed by atoms with van der Waals surface area (Å²) in [5.74, 6) is 6.55. The van der Waals surface area contributed by atoms with Crippen LogP contribution in [0.1, 0.15) is 93.6 Å². The number of nitrogen functional groups attached to an aromatic ring is 4. The monoisotopic (exact) mass is 1100 g/mol. The van der Waals surface area contributed by atoms with Crippen LogP contribution in [0.15, 0.2) is 73.8 Å². The van der Waals surface area contributed by atoms with E-state index in [1.54, 1.807) is 30.2 Å². The predicted octanol–water partition coefficient (Wildman–Crippen LogP) is 0.743. The van der Waals surface area contributed by atoms with Crippen LogP contribution in [0.25, 0.3) is 22.1 Å². The van der Waals surface area contributed by atoms with Crippen LogP contribution in [0.3, 0.4) is 0 Å². The van der Waals surface area contributed by atoms with Crippen molar-refractivity contribution in [3.8, 4) is 24.7 Å². The van der Waals surface area contributed by atoms with E-state index in [4.69, 9.17) is 54.7 Å². The molecule has 8 aromatic rings. The first-order valence-corrected chi connectivity index (χ1v) is 25.6. The van der Waals surface area contributed by atoms with Gasteiger partial charge in [0.2, 0.25) is 0 Å². The number of hydrogen-bond donors (Lipinski definition) is 10. The Morgan fingerprint density at radius 1 is 0.512 bits per heavy atom. The van der Waals surface area contributed by atoms with Crippen molar-refractivity contribution in [2.24, 2.45) is 17.8 Å². The maximum atomic E-state index is 11.3. The highest BCUT2D eigenvalue weighted by Gasteiger charge is 2.50. The Labute approximate surface area is 457 Å². The zero-order valence-corrected chi connectivity index (χ0v) is 44.0. The lowest BCUT2D eigenvalue weighted by Gasteiger charge is -2.28. The third-order valence-corrected chi connectivity index (χ3v) is 16.0. The first-order chi connectivity index (χ1) is 38.4. The van der Waals surface area contributed by atoms with E-state index in [9.17, 15) is 35.4 Å². The van der Waals surface area contributed by atoms with Gasteiger partial charge >= 0.3 is 0 Å². The summed E-state index contributed by atoms with van der Waals surface area (Å²) in [4.78, 5) is 27.0. The average Bonchev–Trinajstić information content (AvgIpc) is 4.35. The van der Waals surface area contributed by atoms with Gasteiger partial charge in [-0.15, -0.1) is 12.8 Å². The summed E-state index contributed by atoms with van der Waals surface area (Å²) in [6.45, 7) is 4.46. The lowest BCUT2D eigenvalue weighted by molar-refractivity contribution is -0.140. The van der Waals surface area contributed by atoms with Crippen LogP contribution < -0.4 is 22.9 Å². The van der Waals surface area contributed by atoms with Crippen LogP contribution in [-0.4, -0.2) is 157 Å². The average molecular weight is 1100 g/mol. The van der Waals surface area contributed by atoms with Crippen molar-refractivity contribution < 1.29 is 54.4 Å². The number of nitrogens with two attached hydrogens (primary N) is 4. The summed E-state index contributed by atoms with van der Waals surface area (Å²) in [6.07, 6.45) is 17.3. The summed E-state index contributed by atoms with van der Waals surface area (Å²) < 4.78 is 30.1. The molecule has 0 amide bonds. The number of fused-ring (bicyclic) bond motifs is 4. The Hall–Kier alpha value is -7.93. The van der Waals surface area contributed by atoms with Gasteiger partial charge in [-0.05, 0) is 79.6 Å². The zero-order valence-electron chi connectivity index (χ0n) is 44.0. The van der Waals surface area contributed by atoms with Crippen molar-refractivity contribution in [2.75, 3.05) is 56.0 Å². The molecule has 8 aromatic heterocycles. The number of aliphatic hydroxyl groups excluding tert-OH is 6. The highest BCUT2D eigenvalue weighted by molar-refractivity contribution is 5.68. The smallest absolute Gasteiger partial charge is 0.177 e. The van der Waals surface area contributed by atoms with Gasteiger partial charge in [-0.1, -0.05) is 32.6 Å². The van der Waals surface area contributed by atoms with Gasteiger partial charge in [-0.3, -0.25) is 0 Å². The Morgan fingerprint density at radius 3 is 1.18 bits per heavy atom. The molecule has 0 aliphatic carbocycles. The van der Waals surface area contributed by atoms with Crippen LogP contribution in [0, 0.1) is 42.4 Å². The fraction of sp³-hybridized carbons (Fsp3) is 0.453. The molecule has 80 heavy (non-hydrogen) atoms. The molecule has 0 unspecified atom stereocenters. The molecule has 14 N–H and O–H groups in total. The number of aldehydes is 1. The summed E-state index contributed by atoms with van der Waals surface area (Å²) >= 11 is 0. The molecule has 4 saturated heterocycles. The van der Waals surface area contributed by atoms with Gasteiger partial charge in [-0.25, -0.2) is 38.0 Å². The molecule has 4 aliphatic rings. The highest BCUT2D eigenvalue weighted by Crippen LogP contribution is 2.46. The number of aromatic nitrogens is 12. The first-order valence-electron chi connectivity index (χ1n) is 25.6. The number of rotatable bonds is 10. The Bertz CT molecular complexity index is 3470. The van der Waals surface area contributed by atoms with Crippen LogP contribution in [0.5, 0.6) is 0 Å². The Balaban J connectivity index is 0.000000129. The predicted molar refractivity (Wildman–Crippen MR) is 287 cm³/mol. The number of aliphatic hydroxyl groups is 6. The molecule has 0 radical (unpaired) electrons. The Kier molecular flexibility index (Phi) is 16.1. The van der Waals surface area contributed by atoms with Gasteiger partial charge in [0.1, 0.15) is 83.0 Å². The van der Waals surface area contributed by atoms with Crippen molar-refractivity contribution in [3.05, 3.63) is 96.6 Å². The van der Waals surface area contributed by atoms with E-state index in [-0.39, 0.29) is 68.9 Å². The first kappa shape index (κ1) is 56.8. The molecule has 0 spiro atoms. The summed E-state index contributed by atoms with van der Waals surface area (Å²) in [7, 11) is 0. The molecule has 27 nitrogen and oxygen atoms in total. The van der Waals surface area contributed by atoms with Gasteiger partial charge in [0.25, 0.3) is 0 Å². The van der Waals surface area contributed by atoms with Crippen LogP contribution >= 0.6 is 0 Å². The largest absolute Gasteiger partial charge is 0.393 e. The quantitative estimate of drug-likeness (QED) is 0.0667. The van der Waals surface area contributed by atoms with Gasteiger partial charge in [0, 0.05) is 12.3 Å². The molecule has 12 rings (SSSR count). The third kappa shape index (κ3) is 9.87. The van der Waals surface area contributed by atoms with Crippen LogP contribution in [-0.2, 0) is 23.7 Å². The van der Waals surface area contributed by atoms with Gasteiger partial charge in [-0.2, -0.15) is 20.4 Å². The van der Waals surface area contributed by atoms with E-state index < -0.39 is 41.2 Å². The number of hydrogen-bond acceptors (Lipinski definition) is 23. The van der Waals surface area contributed by atoms with Crippen molar-refractivity contribution in [3.63, 3.8) is 0 Å². The summed E-state index contributed by atoms with van der Waals surface area (Å²) in [5, 5.41) is 74.1. The van der Waals surface area contributed by atoms with Gasteiger partial charge in [0.05, 0.1) is 61.9 Å². The highest BCUT2D eigenvalue weighted by atomic mass is 16.6. The number of anilines is 4. The minimum atomic E-state index is -1.37. The Morgan fingerprint density at radius 2 is 0.863 bits per heavy atom. The standard InChI is InChI=1S/C14H16N4O2.C13H18N4O3.C13H16N4O3.C13H14N4O3/c1-3-14(7-19)9(2)6-12(20-14)10-4-5-11-13(15)16-8-17-18(10)11;2*1-8-4-11(20-13(8,5-18)6-19)9-2-3-10-12(14)15-7-16-17(9)10;1-2-13(6-18)11(19)5-10(20-13)8-3-4-9-12(14)15-7-16-17(8)9/h1,4-5,8-9,12,19H,6-7H2,2H3,(H2,15,16,17);2-3,7-8,11,18-19H,4-6H2,1H3,(H2,14,15,16);2-3,5,7-8,11,19H,4,6H2,1H3,(H2,14,15,16);1,3-4,7,10-11,18-19H,5-6H2,(H2,14,15,16)/t9-,12+,14+;8-,11+;8-,11+,13+;10-,11+,13-/m0001/s1. The lowest BCUT2D eigenvalue weighted by atomic mass is 9.89. The second-order valence-electron chi connectivity index (χ2n) is 20.4. The van der Waals surface area contributed by atoms with Crippen molar-refractivity contribution >= 4 is 51.6 Å². The fourth-order valence-corrected chi connectivity index (χ4v) is 10.8. The molecule has 422 valence electrons. The maximum Gasteiger partial charge on any atom is 0.177 e. The van der Waals surface area contributed by atoms with Crippen molar-refractivity contribution in [1.82, 2.24) is 58.4 Å². The molecule has 11 atom stereocenters. The zero-order chi connectivity index (χ0) is 57.3. The summed E-state index contributed by atoms with van der Waals surface area (Å²) in [6, 6.07) is 14.7. The topological polar surface area (TPSA) is 400 Å². The fourth-order valence-electron chi connectivity index (χ4n) is 10.8. The second-order valence-corrected chi connectivity index (χ2v) is 20.4. The van der Waals surface area contributed by atoms with E-state index in [1.165, 1.54) is 25.3 Å². The van der Waals surface area contributed by atoms with Crippen molar-refractivity contribution in [1.29, 1.82) is 0 Å². The van der Waals surface area contributed by atoms with E-state index in [0.717, 1.165) is 34.5 Å². The number of carbonyl (C=O) groups excluding carboxylic acids is 1. The molecule has 0 saturated carbocycles. The third-order valence-electron chi connectivity index (χ3n) is 16.0. The second kappa shape index (κ2) is 22.7. The number of terminal acetylenes is 2.